The zero-order valence-corrected chi connectivity index (χ0v) is 58.8. The zero-order chi connectivity index (χ0) is 65.0. The minimum Gasteiger partial charge on any atom is -0.462 e. The third-order valence-electron chi connectivity index (χ3n) is 16.0. The molecule has 0 fully saturated rings. The Balaban J connectivity index is 5.15. The molecule has 19 heteroatoms. The maximum absolute atomic E-state index is 13.0. The predicted octanol–water partition coefficient (Wildman–Crippen LogP) is 19.6. The van der Waals surface area contributed by atoms with Gasteiger partial charge in [0.05, 0.1) is 26.4 Å². The number of carbonyl (C=O) groups is 4. The van der Waals surface area contributed by atoms with Gasteiger partial charge in [0.15, 0.2) is 12.2 Å². The molecule has 0 amide bonds. The first-order valence-electron chi connectivity index (χ1n) is 36.0. The van der Waals surface area contributed by atoms with Gasteiger partial charge in [-0.2, -0.15) is 0 Å². The van der Waals surface area contributed by atoms with E-state index >= 15 is 0 Å². The van der Waals surface area contributed by atoms with E-state index in [0.717, 1.165) is 102 Å². The Kier molecular flexibility index (Phi) is 59.9. The van der Waals surface area contributed by atoms with E-state index in [0.29, 0.717) is 31.6 Å². The van der Waals surface area contributed by atoms with Crippen molar-refractivity contribution in [2.45, 2.75) is 368 Å². The first kappa shape index (κ1) is 86.1. The van der Waals surface area contributed by atoms with Crippen LogP contribution in [0.25, 0.3) is 0 Å². The third kappa shape index (κ3) is 62.8. The van der Waals surface area contributed by atoms with Crippen LogP contribution >= 0.6 is 15.6 Å². The molecule has 0 saturated carbocycles. The van der Waals surface area contributed by atoms with Crippen molar-refractivity contribution in [3.63, 3.8) is 0 Å². The molecule has 0 aliphatic carbocycles. The maximum atomic E-state index is 13.0. The largest absolute Gasteiger partial charge is 0.472 e. The minimum absolute atomic E-state index is 0.103. The van der Waals surface area contributed by atoms with Crippen LogP contribution in [0.3, 0.4) is 0 Å². The lowest BCUT2D eigenvalue weighted by Crippen LogP contribution is -2.30. The van der Waals surface area contributed by atoms with Gasteiger partial charge in [-0.15, -0.1) is 0 Å². The van der Waals surface area contributed by atoms with Crippen LogP contribution < -0.4 is 0 Å². The van der Waals surface area contributed by atoms with Gasteiger partial charge in [0.2, 0.25) is 0 Å². The van der Waals surface area contributed by atoms with E-state index in [4.69, 9.17) is 37.0 Å². The standard InChI is InChI=1S/C69H134O17P2/c1-7-9-11-13-14-15-16-17-19-23-26-29-34-40-46-52-67(72)80-58-65(86-68(73)53-47-41-35-30-27-24-21-18-20-22-25-28-32-38-43-49-61(3)4)60-84-88(77,78)82-56-63(70)55-81-87(75,76)83-59-64(57-79-66(71)51-45-37-12-10-8-2)85-69(74)54-48-42-36-31-33-39-44-50-62(5)6/h61-65,70H,7-60H2,1-6H3,(H,75,76)(H,77,78)/t63-,64+,65+/m0/s1. The van der Waals surface area contributed by atoms with Gasteiger partial charge in [0, 0.05) is 25.7 Å². The smallest absolute Gasteiger partial charge is 0.462 e. The maximum Gasteiger partial charge on any atom is 0.472 e. The van der Waals surface area contributed by atoms with Gasteiger partial charge < -0.3 is 33.8 Å². The highest BCUT2D eigenvalue weighted by molar-refractivity contribution is 7.47. The summed E-state index contributed by atoms with van der Waals surface area (Å²) in [5, 5.41) is 10.5. The second-order valence-corrected chi connectivity index (χ2v) is 28.8. The van der Waals surface area contributed by atoms with Crippen molar-refractivity contribution in [3.8, 4) is 0 Å². The van der Waals surface area contributed by atoms with Crippen LogP contribution in [0.15, 0.2) is 0 Å². The Hall–Kier alpha value is -1.94. The lowest BCUT2D eigenvalue weighted by molar-refractivity contribution is -0.161. The molecule has 3 N–H and O–H groups in total. The molecule has 88 heavy (non-hydrogen) atoms. The monoisotopic (exact) mass is 1300 g/mol. The van der Waals surface area contributed by atoms with Crippen molar-refractivity contribution in [3.05, 3.63) is 0 Å². The number of aliphatic hydroxyl groups is 1. The average Bonchev–Trinajstić information content (AvgIpc) is 3.67. The highest BCUT2D eigenvalue weighted by Crippen LogP contribution is 2.45. The van der Waals surface area contributed by atoms with Crippen LogP contribution in [0.1, 0.15) is 350 Å². The van der Waals surface area contributed by atoms with E-state index in [1.165, 1.54) is 161 Å². The number of ether oxygens (including phenoxy) is 4. The lowest BCUT2D eigenvalue weighted by atomic mass is 10.0. The molecule has 0 aromatic rings. The van der Waals surface area contributed by atoms with E-state index in [2.05, 4.69) is 41.5 Å². The molecule has 0 bridgehead atoms. The topological polar surface area (TPSA) is 237 Å². The Morgan fingerprint density at radius 2 is 0.523 bits per heavy atom. The second-order valence-electron chi connectivity index (χ2n) is 25.9. The summed E-state index contributed by atoms with van der Waals surface area (Å²) in [6, 6.07) is 0. The Morgan fingerprint density at radius 3 is 0.773 bits per heavy atom. The Bertz CT molecular complexity index is 1720. The summed E-state index contributed by atoms with van der Waals surface area (Å²) in [5.41, 5.74) is 0. The molecule has 17 nitrogen and oxygen atoms in total. The van der Waals surface area contributed by atoms with Crippen molar-refractivity contribution < 1.29 is 80.2 Å². The number of aliphatic hydroxyl groups excluding tert-OH is 1. The fraction of sp³-hybridized carbons (Fsp3) is 0.942. The molecular formula is C69H134O17P2. The van der Waals surface area contributed by atoms with E-state index in [-0.39, 0.29) is 25.7 Å². The molecule has 0 heterocycles. The summed E-state index contributed by atoms with van der Waals surface area (Å²) in [6.45, 7) is 9.41. The Labute approximate surface area is 537 Å². The first-order valence-corrected chi connectivity index (χ1v) is 39.0. The van der Waals surface area contributed by atoms with E-state index in [1.807, 2.05) is 0 Å². The summed E-state index contributed by atoms with van der Waals surface area (Å²) in [6.07, 6.45) is 46.3. The normalized spacial score (nSPS) is 14.2. The van der Waals surface area contributed by atoms with Gasteiger partial charge >= 0.3 is 39.5 Å². The third-order valence-corrected chi connectivity index (χ3v) is 17.9. The van der Waals surface area contributed by atoms with E-state index < -0.39 is 97.5 Å². The Morgan fingerprint density at radius 1 is 0.307 bits per heavy atom. The van der Waals surface area contributed by atoms with Gasteiger partial charge in [-0.05, 0) is 37.5 Å². The van der Waals surface area contributed by atoms with Crippen LogP contribution in [0, 0.1) is 11.8 Å². The number of esters is 4. The SMILES string of the molecule is CCCCCCCCCCCCCCCCCC(=O)OC[C@H](COP(=O)(O)OC[C@@H](O)COP(=O)(O)OC[C@@H](COC(=O)CCCCCCC)OC(=O)CCCCCCCCCC(C)C)OC(=O)CCCCCCCCCCCCCCCCCC(C)C. The molecular weight excluding hydrogens is 1160 g/mol. The summed E-state index contributed by atoms with van der Waals surface area (Å²) in [7, 11) is -9.89. The molecule has 5 atom stereocenters. The number of phosphoric acid groups is 2. The number of carbonyl (C=O) groups excluding carboxylic acids is 4. The van der Waals surface area contributed by atoms with Crippen molar-refractivity contribution in [1.82, 2.24) is 0 Å². The van der Waals surface area contributed by atoms with Gasteiger partial charge in [-0.25, -0.2) is 9.13 Å². The summed E-state index contributed by atoms with van der Waals surface area (Å²) >= 11 is 0. The van der Waals surface area contributed by atoms with Gasteiger partial charge in [0.1, 0.15) is 19.3 Å². The number of hydrogen-bond acceptors (Lipinski definition) is 15. The molecule has 0 aromatic carbocycles. The highest BCUT2D eigenvalue weighted by atomic mass is 31.2. The molecule has 0 rings (SSSR count). The van der Waals surface area contributed by atoms with Crippen LogP contribution in [-0.4, -0.2) is 96.7 Å². The minimum atomic E-state index is -4.95. The second kappa shape index (κ2) is 61.3. The van der Waals surface area contributed by atoms with Crippen molar-refractivity contribution in [1.29, 1.82) is 0 Å². The van der Waals surface area contributed by atoms with Crippen LogP contribution in [0.2, 0.25) is 0 Å². The van der Waals surface area contributed by atoms with Crippen molar-refractivity contribution in [2.24, 2.45) is 11.8 Å². The van der Waals surface area contributed by atoms with E-state index in [9.17, 15) is 43.2 Å². The van der Waals surface area contributed by atoms with Gasteiger partial charge in [-0.1, -0.05) is 298 Å². The quantitative estimate of drug-likeness (QED) is 0.0222. The lowest BCUT2D eigenvalue weighted by Gasteiger charge is -2.21. The van der Waals surface area contributed by atoms with Crippen molar-refractivity contribution in [2.75, 3.05) is 39.6 Å². The summed E-state index contributed by atoms with van der Waals surface area (Å²) < 4.78 is 68.0. The predicted molar refractivity (Wildman–Crippen MR) is 354 cm³/mol. The molecule has 0 spiro atoms. The molecule has 0 aliphatic rings. The van der Waals surface area contributed by atoms with Crippen LogP contribution in [0.5, 0.6) is 0 Å². The van der Waals surface area contributed by atoms with Crippen LogP contribution in [-0.2, 0) is 65.4 Å². The summed E-state index contributed by atoms with van der Waals surface area (Å²) in [5.74, 6) is -0.639. The van der Waals surface area contributed by atoms with Crippen LogP contribution in [0.4, 0.5) is 0 Å². The average molecular weight is 1300 g/mol. The molecule has 0 radical (unpaired) electrons. The molecule has 0 aromatic heterocycles. The first-order chi connectivity index (χ1) is 42.4. The highest BCUT2D eigenvalue weighted by Gasteiger charge is 2.30. The molecule has 2 unspecified atom stereocenters. The van der Waals surface area contributed by atoms with E-state index in [1.54, 1.807) is 0 Å². The number of phosphoric ester groups is 2. The van der Waals surface area contributed by atoms with Crippen molar-refractivity contribution >= 4 is 39.5 Å². The molecule has 522 valence electrons. The molecule has 0 saturated heterocycles. The fourth-order valence-electron chi connectivity index (χ4n) is 10.4. The fourth-order valence-corrected chi connectivity index (χ4v) is 12.0. The number of rotatable bonds is 68. The van der Waals surface area contributed by atoms with Gasteiger partial charge in [-0.3, -0.25) is 37.3 Å². The zero-order valence-electron chi connectivity index (χ0n) is 57.0. The van der Waals surface area contributed by atoms with Gasteiger partial charge in [0.25, 0.3) is 0 Å². The number of hydrogen-bond donors (Lipinski definition) is 3. The number of unbranched alkanes of at least 4 members (excludes halogenated alkanes) is 38. The molecule has 0 aliphatic heterocycles. The summed E-state index contributed by atoms with van der Waals surface area (Å²) in [4.78, 5) is 72.2.